The minimum absolute atomic E-state index is 0.0641. The molecule has 1 aromatic heterocycles. The summed E-state index contributed by atoms with van der Waals surface area (Å²) in [4.78, 5) is 42.5. The van der Waals surface area contributed by atoms with Crippen LogP contribution in [0.25, 0.3) is 0 Å². The fourth-order valence-corrected chi connectivity index (χ4v) is 5.95. The maximum absolute atomic E-state index is 14.3. The van der Waals surface area contributed by atoms with Crippen LogP contribution >= 0.6 is 0 Å². The van der Waals surface area contributed by atoms with Crippen molar-refractivity contribution in [3.05, 3.63) is 98.7 Å². The van der Waals surface area contributed by atoms with Gasteiger partial charge in [0.25, 0.3) is 11.8 Å². The van der Waals surface area contributed by atoms with Gasteiger partial charge < -0.3 is 19.5 Å². The van der Waals surface area contributed by atoms with Crippen LogP contribution in [0.5, 0.6) is 5.75 Å². The Hall–Kier alpha value is -4.30. The first-order valence-corrected chi connectivity index (χ1v) is 13.8. The van der Waals surface area contributed by atoms with E-state index in [9.17, 15) is 36.3 Å². The molecule has 2 fully saturated rings. The number of hydrogen-bond acceptors (Lipinski definition) is 6. The van der Waals surface area contributed by atoms with Gasteiger partial charge in [0.1, 0.15) is 35.2 Å². The molecular weight excluding hydrogens is 593 g/mol. The number of aromatic nitrogens is 1. The van der Waals surface area contributed by atoms with E-state index < -0.39 is 88.7 Å². The summed E-state index contributed by atoms with van der Waals surface area (Å²) in [6, 6.07) is 8.07. The fourth-order valence-electron chi connectivity index (χ4n) is 5.95. The van der Waals surface area contributed by atoms with E-state index in [-0.39, 0.29) is 31.7 Å². The maximum atomic E-state index is 14.3. The second-order valence-electron chi connectivity index (χ2n) is 11.0. The van der Waals surface area contributed by atoms with E-state index in [0.29, 0.717) is 17.7 Å². The summed E-state index contributed by atoms with van der Waals surface area (Å²) in [5.74, 6) is -5.88. The number of amides is 2. The average molecular weight is 620 g/mol. The van der Waals surface area contributed by atoms with Crippen molar-refractivity contribution in [2.45, 2.75) is 56.9 Å². The number of nitrogens with one attached hydrogen (secondary N) is 1. The quantitative estimate of drug-likeness (QED) is 0.414. The van der Waals surface area contributed by atoms with Gasteiger partial charge in [-0.3, -0.25) is 23.9 Å². The molecular formula is C30H26F5N3O6. The smallest absolute Gasteiger partial charge is 0.483 e. The molecule has 44 heavy (non-hydrogen) atoms. The zero-order valence-corrected chi connectivity index (χ0v) is 23.2. The average Bonchev–Trinajstić information content (AvgIpc) is 3.23. The predicted molar refractivity (Wildman–Crippen MR) is 142 cm³/mol. The summed E-state index contributed by atoms with van der Waals surface area (Å²) in [5, 5.41) is 2.24. The number of carbonyl (C=O) groups excluding carboxylic acids is 2. The minimum atomic E-state index is -3.91. The van der Waals surface area contributed by atoms with Gasteiger partial charge in [-0.05, 0) is 25.3 Å². The van der Waals surface area contributed by atoms with E-state index >= 15 is 0 Å². The summed E-state index contributed by atoms with van der Waals surface area (Å²) < 4.78 is 87.5. The van der Waals surface area contributed by atoms with Crippen LogP contribution in [0.2, 0.25) is 0 Å². The molecule has 3 aliphatic heterocycles. The number of alkyl halides is 2. The van der Waals surface area contributed by atoms with E-state index in [1.54, 1.807) is 37.3 Å². The fraction of sp³-hybridized carbons (Fsp3) is 0.367. The van der Waals surface area contributed by atoms with Crippen LogP contribution in [0.15, 0.2) is 53.5 Å². The number of fused-ring (bicyclic) bond motifs is 5. The third kappa shape index (κ3) is 5.21. The monoisotopic (exact) mass is 619 g/mol. The van der Waals surface area contributed by atoms with E-state index in [1.165, 1.54) is 9.47 Å². The number of pyridine rings is 1. The number of benzene rings is 2. The van der Waals surface area contributed by atoms with Gasteiger partial charge in [0, 0.05) is 43.0 Å². The number of ether oxygens (including phenoxy) is 3. The molecule has 2 amide bonds. The van der Waals surface area contributed by atoms with Crippen molar-refractivity contribution in [1.29, 1.82) is 0 Å². The van der Waals surface area contributed by atoms with Gasteiger partial charge in [0.15, 0.2) is 11.4 Å². The highest BCUT2D eigenvalue weighted by Crippen LogP contribution is 2.48. The molecule has 2 aromatic carbocycles. The van der Waals surface area contributed by atoms with Crippen molar-refractivity contribution in [3.8, 4) is 5.75 Å². The highest BCUT2D eigenvalue weighted by molar-refractivity contribution is 5.99. The molecule has 1 N–H and O–H groups in total. The molecule has 1 unspecified atom stereocenters. The van der Waals surface area contributed by atoms with E-state index in [1.807, 2.05) is 0 Å². The minimum Gasteiger partial charge on any atom is -0.483 e. The van der Waals surface area contributed by atoms with Crippen LogP contribution in [0.4, 0.5) is 22.0 Å². The van der Waals surface area contributed by atoms with Gasteiger partial charge in [-0.1, -0.05) is 30.3 Å². The lowest BCUT2D eigenvalue weighted by Crippen LogP contribution is -2.53. The van der Waals surface area contributed by atoms with Crippen molar-refractivity contribution in [3.63, 3.8) is 0 Å². The van der Waals surface area contributed by atoms with Gasteiger partial charge in [0.2, 0.25) is 5.43 Å². The van der Waals surface area contributed by atoms with Crippen LogP contribution in [0, 0.1) is 17.5 Å². The molecule has 2 saturated heterocycles. The molecule has 3 aromatic rings. The Morgan fingerprint density at radius 1 is 1.11 bits per heavy atom. The normalized spacial score (nSPS) is 23.8. The number of halogens is 5. The topological polar surface area (TPSA) is 99.1 Å². The molecule has 0 saturated carbocycles. The van der Waals surface area contributed by atoms with Gasteiger partial charge in [-0.15, -0.1) is 8.78 Å². The number of rotatable bonds is 6. The number of nitrogens with zero attached hydrogens (tertiary/aromatic N) is 2. The zero-order valence-electron chi connectivity index (χ0n) is 23.2. The highest BCUT2D eigenvalue weighted by atomic mass is 19.3. The third-order valence-electron chi connectivity index (χ3n) is 8.29. The lowest BCUT2D eigenvalue weighted by Gasteiger charge is -2.42. The van der Waals surface area contributed by atoms with Gasteiger partial charge >= 0.3 is 6.29 Å². The van der Waals surface area contributed by atoms with Gasteiger partial charge in [-0.2, -0.15) is 0 Å². The first-order valence-electron chi connectivity index (χ1n) is 13.8. The van der Waals surface area contributed by atoms with Crippen LogP contribution in [0.3, 0.4) is 0 Å². The molecule has 9 nitrogen and oxygen atoms in total. The molecule has 1 spiro atoms. The molecule has 3 atom stereocenters. The molecule has 3 aliphatic rings. The SMILES string of the molecule is C[C@H]1CC[C@]2(COC(F)(F)O2)C2CN1C(=O)c1c(OCc3ccccc3)c(=O)c(C(=O)NCc3c(F)cc(F)cc3F)cn12. The summed E-state index contributed by atoms with van der Waals surface area (Å²) in [5.41, 5.74) is -3.52. The van der Waals surface area contributed by atoms with Crippen LogP contribution < -0.4 is 15.5 Å². The lowest BCUT2D eigenvalue weighted by molar-refractivity contribution is -0.359. The van der Waals surface area contributed by atoms with E-state index in [4.69, 9.17) is 9.47 Å². The molecule has 4 heterocycles. The maximum Gasteiger partial charge on any atom is 0.486 e. The first-order chi connectivity index (χ1) is 20.9. The molecule has 14 heteroatoms. The summed E-state index contributed by atoms with van der Waals surface area (Å²) >= 11 is 0. The van der Waals surface area contributed by atoms with Crippen molar-refractivity contribution in [2.75, 3.05) is 13.2 Å². The van der Waals surface area contributed by atoms with Crippen LogP contribution in [-0.4, -0.2) is 52.4 Å². The second-order valence-corrected chi connectivity index (χ2v) is 11.0. The third-order valence-corrected chi connectivity index (χ3v) is 8.29. The lowest BCUT2D eigenvalue weighted by atomic mass is 9.89. The standard InChI is InChI=1S/C30H26F5N3O6/c1-16-7-8-29(15-43-30(34,35)44-29)23-13-37(16)28(41)24-26(42-14-17-5-3-2-4-6-17)25(39)20(12-38(23)24)27(40)36-11-19-21(32)9-18(31)10-22(19)33/h2-6,9-10,12,16,23H,7-8,11,13-15H2,1H3,(H,36,40)/t16-,23?,29-/m0/s1. The molecule has 6 rings (SSSR count). The Bertz CT molecular complexity index is 1680. The predicted octanol–water partition coefficient (Wildman–Crippen LogP) is 4.29. The summed E-state index contributed by atoms with van der Waals surface area (Å²) in [6.45, 7) is 0.182. The van der Waals surface area contributed by atoms with Crippen molar-refractivity contribution in [2.24, 2.45) is 0 Å². The van der Waals surface area contributed by atoms with Crippen molar-refractivity contribution in [1.82, 2.24) is 14.8 Å². The van der Waals surface area contributed by atoms with Crippen LogP contribution in [0.1, 0.15) is 57.8 Å². The Labute approximate surface area is 247 Å². The summed E-state index contributed by atoms with van der Waals surface area (Å²) in [7, 11) is 0. The zero-order chi connectivity index (χ0) is 31.4. The second kappa shape index (κ2) is 11.0. The van der Waals surface area contributed by atoms with E-state index in [2.05, 4.69) is 10.1 Å². The van der Waals surface area contributed by atoms with Gasteiger partial charge in [-0.25, -0.2) is 13.2 Å². The molecule has 232 valence electrons. The summed E-state index contributed by atoms with van der Waals surface area (Å²) in [6.07, 6.45) is -2.52. The molecule has 2 bridgehead atoms. The first kappa shape index (κ1) is 29.8. The number of carbonyl (C=O) groups is 2. The van der Waals surface area contributed by atoms with Crippen LogP contribution in [-0.2, 0) is 22.6 Å². The van der Waals surface area contributed by atoms with Crippen molar-refractivity contribution >= 4 is 11.8 Å². The van der Waals surface area contributed by atoms with Gasteiger partial charge in [0.05, 0.1) is 12.6 Å². The van der Waals surface area contributed by atoms with Crippen molar-refractivity contribution < 1.29 is 45.8 Å². The highest BCUT2D eigenvalue weighted by Gasteiger charge is 2.60. The molecule has 0 aliphatic carbocycles. The Kier molecular flexibility index (Phi) is 7.44. The largest absolute Gasteiger partial charge is 0.486 e. The van der Waals surface area contributed by atoms with E-state index in [0.717, 1.165) is 6.20 Å². The molecule has 0 radical (unpaired) electrons. The Morgan fingerprint density at radius 3 is 2.48 bits per heavy atom. The number of hydrogen-bond donors (Lipinski definition) is 1. The Balaban J connectivity index is 1.46. The Morgan fingerprint density at radius 2 is 1.82 bits per heavy atom.